The molecule has 112 valence electrons. The molecule has 2 rings (SSSR count). The van der Waals surface area contributed by atoms with Crippen LogP contribution in [0.4, 0.5) is 0 Å². The number of carbonyl (C=O) groups is 1. The van der Waals surface area contributed by atoms with Gasteiger partial charge in [0.2, 0.25) is 0 Å². The first-order chi connectivity index (χ1) is 9.60. The monoisotopic (exact) mass is 340 g/mol. The summed E-state index contributed by atoms with van der Waals surface area (Å²) in [7, 11) is 0. The second-order valence-electron chi connectivity index (χ2n) is 5.80. The Morgan fingerprint density at radius 1 is 1.35 bits per heavy atom. The first-order valence-corrected chi connectivity index (χ1v) is 8.66. The number of carbonyl (C=O) groups excluding carboxylic acids is 1. The predicted molar refractivity (Wildman–Crippen MR) is 84.8 cm³/mol. The molecule has 0 spiro atoms. The molecule has 1 heterocycles. The van der Waals surface area contributed by atoms with Gasteiger partial charge in [0.15, 0.2) is 0 Å². The minimum absolute atomic E-state index is 0.275. The van der Waals surface area contributed by atoms with Crippen molar-refractivity contribution in [1.82, 2.24) is 9.78 Å². The van der Waals surface area contributed by atoms with Gasteiger partial charge in [-0.2, -0.15) is 5.10 Å². The molecule has 1 aliphatic carbocycles. The highest BCUT2D eigenvalue weighted by Crippen LogP contribution is 2.34. The Morgan fingerprint density at radius 2 is 2.10 bits per heavy atom. The fourth-order valence-electron chi connectivity index (χ4n) is 3.23. The minimum Gasteiger partial charge on any atom is -0.299 e. The van der Waals surface area contributed by atoms with E-state index < -0.39 is 0 Å². The lowest BCUT2D eigenvalue weighted by atomic mass is 9.96. The summed E-state index contributed by atoms with van der Waals surface area (Å²) in [6, 6.07) is 0. The van der Waals surface area contributed by atoms with Gasteiger partial charge in [0.1, 0.15) is 5.78 Å². The fourth-order valence-corrected chi connectivity index (χ4v) is 3.94. The molecule has 0 radical (unpaired) electrons. The molecule has 20 heavy (non-hydrogen) atoms. The molecule has 4 heteroatoms. The number of ketones is 1. The van der Waals surface area contributed by atoms with Crippen LogP contribution in [0.3, 0.4) is 0 Å². The van der Waals surface area contributed by atoms with E-state index >= 15 is 0 Å². The van der Waals surface area contributed by atoms with Crippen molar-refractivity contribution >= 4 is 21.7 Å². The van der Waals surface area contributed by atoms with Gasteiger partial charge in [0.05, 0.1) is 15.9 Å². The number of rotatable bonds is 6. The van der Waals surface area contributed by atoms with E-state index in [1.807, 2.05) is 4.68 Å². The van der Waals surface area contributed by atoms with Gasteiger partial charge in [-0.25, -0.2) is 0 Å². The van der Waals surface area contributed by atoms with Gasteiger partial charge < -0.3 is 0 Å². The van der Waals surface area contributed by atoms with Crippen LogP contribution in [0, 0.1) is 11.8 Å². The quantitative estimate of drug-likeness (QED) is 0.778. The van der Waals surface area contributed by atoms with Gasteiger partial charge in [-0.1, -0.05) is 20.3 Å². The lowest BCUT2D eigenvalue weighted by Crippen LogP contribution is -2.17. The van der Waals surface area contributed by atoms with E-state index in [-0.39, 0.29) is 5.92 Å². The highest BCUT2D eigenvalue weighted by atomic mass is 79.9. The Labute approximate surface area is 130 Å². The zero-order valence-electron chi connectivity index (χ0n) is 12.8. The average molecular weight is 341 g/mol. The van der Waals surface area contributed by atoms with Gasteiger partial charge in [-0.05, 0) is 54.5 Å². The van der Waals surface area contributed by atoms with E-state index in [1.54, 1.807) is 0 Å². The van der Waals surface area contributed by atoms with Crippen LogP contribution < -0.4 is 0 Å². The smallest absolute Gasteiger partial charge is 0.141 e. The van der Waals surface area contributed by atoms with E-state index in [4.69, 9.17) is 0 Å². The van der Waals surface area contributed by atoms with Gasteiger partial charge in [0.25, 0.3) is 0 Å². The van der Waals surface area contributed by atoms with E-state index in [0.717, 1.165) is 47.6 Å². The van der Waals surface area contributed by atoms with Crippen LogP contribution in [0.1, 0.15) is 57.8 Å². The molecule has 0 saturated heterocycles. The van der Waals surface area contributed by atoms with Crippen molar-refractivity contribution < 1.29 is 4.79 Å². The van der Waals surface area contributed by atoms with Crippen molar-refractivity contribution in [3.63, 3.8) is 0 Å². The van der Waals surface area contributed by atoms with Crippen molar-refractivity contribution in [3.05, 3.63) is 15.9 Å². The number of aromatic nitrogens is 2. The molecule has 2 atom stereocenters. The molecule has 0 aromatic carbocycles. The first kappa shape index (κ1) is 15.7. The summed E-state index contributed by atoms with van der Waals surface area (Å²) in [5.74, 6) is 1.44. The molecule has 2 unspecified atom stereocenters. The molecule has 1 saturated carbocycles. The lowest BCUT2D eigenvalue weighted by Gasteiger charge is -2.10. The van der Waals surface area contributed by atoms with Crippen LogP contribution in [0.5, 0.6) is 0 Å². The van der Waals surface area contributed by atoms with Crippen molar-refractivity contribution in [3.8, 4) is 0 Å². The Kier molecular flexibility index (Phi) is 5.42. The summed E-state index contributed by atoms with van der Waals surface area (Å²) in [6.45, 7) is 7.23. The van der Waals surface area contributed by atoms with Crippen LogP contribution in [0.2, 0.25) is 0 Å². The number of Topliss-reactive ketones (excluding diaryl/α,β-unsaturated/α-hetero) is 1. The molecule has 3 nitrogen and oxygen atoms in total. The lowest BCUT2D eigenvalue weighted by molar-refractivity contribution is -0.122. The predicted octanol–water partition coefficient (Wildman–Crippen LogP) is 4.17. The summed E-state index contributed by atoms with van der Waals surface area (Å²) < 4.78 is 3.02. The van der Waals surface area contributed by atoms with E-state index in [9.17, 15) is 4.79 Å². The highest BCUT2D eigenvalue weighted by molar-refractivity contribution is 9.10. The van der Waals surface area contributed by atoms with Crippen LogP contribution >= 0.6 is 15.9 Å². The molecule has 1 aromatic heterocycles. The standard InChI is InChI=1S/C16H25BrN2O/c1-4-11-7-8-12(9-11)15(20)10-14-16(17)13(5-2)18-19(14)6-3/h11-12H,4-10H2,1-3H3. The SMILES string of the molecule is CCc1nn(CC)c(CC(=O)C2CCC(CC)C2)c1Br. The van der Waals surface area contributed by atoms with Gasteiger partial charge in [-0.15, -0.1) is 0 Å². The normalized spacial score (nSPS) is 22.4. The maximum Gasteiger partial charge on any atom is 0.141 e. The first-order valence-electron chi connectivity index (χ1n) is 7.87. The Bertz CT molecular complexity index is 481. The molecule has 1 aromatic rings. The zero-order chi connectivity index (χ0) is 14.7. The number of nitrogens with zero attached hydrogens (tertiary/aromatic N) is 2. The summed E-state index contributed by atoms with van der Waals surface area (Å²) in [5, 5.41) is 4.58. The van der Waals surface area contributed by atoms with Crippen molar-refractivity contribution in [2.45, 2.75) is 65.8 Å². The van der Waals surface area contributed by atoms with Crippen LogP contribution in [0.25, 0.3) is 0 Å². The van der Waals surface area contributed by atoms with Crippen LogP contribution in [-0.4, -0.2) is 15.6 Å². The van der Waals surface area contributed by atoms with Crippen LogP contribution in [-0.2, 0) is 24.2 Å². The Hall–Kier alpha value is -0.640. The number of aryl methyl sites for hydroxylation is 2. The summed E-state index contributed by atoms with van der Waals surface area (Å²) in [4.78, 5) is 12.5. The van der Waals surface area contributed by atoms with Crippen molar-refractivity contribution in [2.75, 3.05) is 0 Å². The topological polar surface area (TPSA) is 34.9 Å². The van der Waals surface area contributed by atoms with Crippen molar-refractivity contribution in [1.29, 1.82) is 0 Å². The summed E-state index contributed by atoms with van der Waals surface area (Å²) in [6.07, 6.45) is 6.03. The van der Waals surface area contributed by atoms with E-state index in [0.29, 0.717) is 12.2 Å². The number of hydrogen-bond donors (Lipinski definition) is 0. The third-order valence-corrected chi connectivity index (χ3v) is 5.53. The third kappa shape index (κ3) is 3.16. The summed E-state index contributed by atoms with van der Waals surface area (Å²) in [5.41, 5.74) is 2.13. The highest BCUT2D eigenvalue weighted by Gasteiger charge is 2.30. The van der Waals surface area contributed by atoms with E-state index in [2.05, 4.69) is 41.8 Å². The molecular weight excluding hydrogens is 316 g/mol. The van der Waals surface area contributed by atoms with Gasteiger partial charge in [0, 0.05) is 18.9 Å². The van der Waals surface area contributed by atoms with Crippen LogP contribution in [0.15, 0.2) is 4.47 Å². The Balaban J connectivity index is 2.10. The summed E-state index contributed by atoms with van der Waals surface area (Å²) >= 11 is 3.63. The average Bonchev–Trinajstić information content (AvgIpc) is 3.05. The maximum atomic E-state index is 12.5. The Morgan fingerprint density at radius 3 is 2.65 bits per heavy atom. The molecule has 0 N–H and O–H groups in total. The van der Waals surface area contributed by atoms with Gasteiger partial charge >= 0.3 is 0 Å². The second kappa shape index (κ2) is 6.88. The van der Waals surface area contributed by atoms with E-state index in [1.165, 1.54) is 12.8 Å². The molecule has 1 aliphatic rings. The molecule has 1 fully saturated rings. The minimum atomic E-state index is 0.275. The largest absolute Gasteiger partial charge is 0.299 e. The molecule has 0 bridgehead atoms. The number of hydrogen-bond acceptors (Lipinski definition) is 2. The second-order valence-corrected chi connectivity index (χ2v) is 6.60. The number of halogens is 1. The zero-order valence-corrected chi connectivity index (χ0v) is 14.4. The molecule has 0 aliphatic heterocycles. The maximum absolute atomic E-state index is 12.5. The van der Waals surface area contributed by atoms with Crippen molar-refractivity contribution in [2.24, 2.45) is 11.8 Å². The fraction of sp³-hybridized carbons (Fsp3) is 0.750. The molecule has 0 amide bonds. The van der Waals surface area contributed by atoms with Gasteiger partial charge in [-0.3, -0.25) is 9.48 Å². The third-order valence-electron chi connectivity index (χ3n) is 4.61. The molecular formula is C16H25BrN2O.